The zero-order valence-corrected chi connectivity index (χ0v) is 15.8. The summed E-state index contributed by atoms with van der Waals surface area (Å²) in [4.78, 5) is 26.4. The summed E-state index contributed by atoms with van der Waals surface area (Å²) in [6.07, 6.45) is 0.284. The van der Waals surface area contributed by atoms with Gasteiger partial charge in [-0.05, 0) is 36.1 Å². The Morgan fingerprint density at radius 3 is 2.86 bits per heavy atom. The molecule has 0 radical (unpaired) electrons. The van der Waals surface area contributed by atoms with Gasteiger partial charge in [0.1, 0.15) is 18.5 Å². The number of amides is 2. The van der Waals surface area contributed by atoms with E-state index in [4.69, 9.17) is 9.47 Å². The molecule has 0 bridgehead atoms. The summed E-state index contributed by atoms with van der Waals surface area (Å²) in [6.45, 7) is 1.87. The van der Waals surface area contributed by atoms with E-state index in [1.807, 2.05) is 48.5 Å². The topological polar surface area (TPSA) is 76.1 Å². The van der Waals surface area contributed by atoms with Crippen LogP contribution in [0.4, 0.5) is 4.79 Å². The molecule has 1 saturated heterocycles. The molecular weight excluding hydrogens is 358 g/mol. The highest BCUT2D eigenvalue weighted by molar-refractivity contribution is 6.04. The summed E-state index contributed by atoms with van der Waals surface area (Å²) in [7, 11) is 0. The maximum Gasteiger partial charge on any atom is 0.418 e. The first-order valence-corrected chi connectivity index (χ1v) is 9.56. The smallest absolute Gasteiger partial charge is 0.418 e. The van der Waals surface area contributed by atoms with Gasteiger partial charge in [0, 0.05) is 12.0 Å². The van der Waals surface area contributed by atoms with Gasteiger partial charge in [0.15, 0.2) is 0 Å². The minimum atomic E-state index is -1.25. The average molecular weight is 381 g/mol. The maximum atomic E-state index is 13.0. The molecule has 0 aromatic heterocycles. The number of hydrogen-bond donors (Lipinski definition) is 1. The van der Waals surface area contributed by atoms with Crippen LogP contribution in [0.5, 0.6) is 5.75 Å². The van der Waals surface area contributed by atoms with Crippen LogP contribution in [0.2, 0.25) is 0 Å². The molecule has 4 rings (SSSR count). The summed E-state index contributed by atoms with van der Waals surface area (Å²) in [6, 6.07) is 15.1. The number of ether oxygens (including phenoxy) is 2. The highest BCUT2D eigenvalue weighted by Crippen LogP contribution is 2.45. The molecule has 1 N–H and O–H groups in total. The van der Waals surface area contributed by atoms with Crippen LogP contribution in [0, 0.1) is 0 Å². The van der Waals surface area contributed by atoms with Crippen molar-refractivity contribution in [1.82, 2.24) is 4.90 Å². The van der Waals surface area contributed by atoms with Crippen LogP contribution in [0.15, 0.2) is 48.5 Å². The highest BCUT2D eigenvalue weighted by atomic mass is 16.6. The minimum Gasteiger partial charge on any atom is -0.491 e. The number of carbonyl (C=O) groups excluding carboxylic acids is 2. The van der Waals surface area contributed by atoms with E-state index in [0.717, 1.165) is 28.0 Å². The van der Waals surface area contributed by atoms with Crippen LogP contribution < -0.4 is 4.74 Å². The Hall–Kier alpha value is -2.86. The first kappa shape index (κ1) is 18.5. The fraction of sp³-hybridized carbons (Fsp3) is 0.364. The van der Waals surface area contributed by atoms with E-state index in [-0.39, 0.29) is 13.2 Å². The average Bonchev–Trinajstić information content (AvgIpc) is 3.20. The van der Waals surface area contributed by atoms with Crippen LogP contribution in [0.3, 0.4) is 0 Å². The Kier molecular flexibility index (Phi) is 4.81. The monoisotopic (exact) mass is 381 g/mol. The van der Waals surface area contributed by atoms with Gasteiger partial charge < -0.3 is 14.6 Å². The normalized spacial score (nSPS) is 21.7. The third kappa shape index (κ3) is 3.14. The summed E-state index contributed by atoms with van der Waals surface area (Å²) < 4.78 is 11.2. The van der Waals surface area contributed by atoms with Crippen molar-refractivity contribution in [1.29, 1.82) is 0 Å². The molecular formula is C22H23NO5. The summed E-state index contributed by atoms with van der Waals surface area (Å²) in [5.74, 6) is 0.240. The van der Waals surface area contributed by atoms with E-state index in [2.05, 4.69) is 6.92 Å². The zero-order chi connectivity index (χ0) is 19.7. The molecule has 6 heteroatoms. The van der Waals surface area contributed by atoms with E-state index >= 15 is 0 Å². The first-order chi connectivity index (χ1) is 13.5. The number of aliphatic hydroxyl groups excluding tert-OH is 1. The molecule has 1 fully saturated rings. The van der Waals surface area contributed by atoms with E-state index in [9.17, 15) is 14.7 Å². The second-order valence-electron chi connectivity index (χ2n) is 7.23. The van der Waals surface area contributed by atoms with Gasteiger partial charge in [-0.2, -0.15) is 0 Å². The second kappa shape index (κ2) is 7.28. The summed E-state index contributed by atoms with van der Waals surface area (Å²) in [5.41, 5.74) is 1.65. The molecule has 1 heterocycles. The number of β-amino-alcohol motifs (C(OH)–C–C–N with tert-alkyl or cyclic N) is 1. The predicted molar refractivity (Wildman–Crippen MR) is 102 cm³/mol. The van der Waals surface area contributed by atoms with Gasteiger partial charge in [-0.25, -0.2) is 9.69 Å². The molecule has 0 unspecified atom stereocenters. The largest absolute Gasteiger partial charge is 0.491 e. The Balaban J connectivity index is 1.42. The van der Waals surface area contributed by atoms with Gasteiger partial charge in [0.25, 0.3) is 5.91 Å². The number of carbonyl (C=O) groups is 2. The highest BCUT2D eigenvalue weighted by Gasteiger charge is 2.58. The molecule has 0 saturated carbocycles. The summed E-state index contributed by atoms with van der Waals surface area (Å²) >= 11 is 0. The van der Waals surface area contributed by atoms with Crippen molar-refractivity contribution in [3.63, 3.8) is 0 Å². The number of aryl methyl sites for hydroxylation is 2. The van der Waals surface area contributed by atoms with E-state index in [0.29, 0.717) is 18.6 Å². The third-order valence-electron chi connectivity index (χ3n) is 5.41. The Bertz CT molecular complexity index is 911. The molecule has 2 aromatic rings. The SMILES string of the molecule is CCc1cccc(OC[C@H](O)CN2C(=O)O[C@@]3(CCc4ccccc43)C2=O)c1. The Morgan fingerprint density at radius 1 is 1.21 bits per heavy atom. The van der Waals surface area contributed by atoms with Crippen LogP contribution >= 0.6 is 0 Å². The van der Waals surface area contributed by atoms with Gasteiger partial charge in [-0.1, -0.05) is 43.3 Å². The molecule has 6 nitrogen and oxygen atoms in total. The lowest BCUT2D eigenvalue weighted by atomic mass is 9.95. The molecule has 2 aromatic carbocycles. The first-order valence-electron chi connectivity index (χ1n) is 9.56. The van der Waals surface area contributed by atoms with Crippen LogP contribution in [0.25, 0.3) is 0 Å². The number of hydrogen-bond acceptors (Lipinski definition) is 5. The number of benzene rings is 2. The number of fused-ring (bicyclic) bond motifs is 2. The predicted octanol–water partition coefficient (Wildman–Crippen LogP) is 2.81. The second-order valence-corrected chi connectivity index (χ2v) is 7.23. The van der Waals surface area contributed by atoms with Crippen molar-refractivity contribution in [3.05, 3.63) is 65.2 Å². The lowest BCUT2D eigenvalue weighted by Crippen LogP contribution is -2.42. The fourth-order valence-corrected chi connectivity index (χ4v) is 3.92. The number of nitrogens with zero attached hydrogens (tertiary/aromatic N) is 1. The van der Waals surface area contributed by atoms with Crippen molar-refractivity contribution >= 4 is 12.0 Å². The lowest BCUT2D eigenvalue weighted by molar-refractivity contribution is -0.138. The van der Waals surface area contributed by atoms with E-state index in [1.165, 1.54) is 0 Å². The van der Waals surface area contributed by atoms with Crippen molar-refractivity contribution in [3.8, 4) is 5.75 Å². The van der Waals surface area contributed by atoms with Crippen LogP contribution in [-0.4, -0.2) is 41.3 Å². The summed E-state index contributed by atoms with van der Waals surface area (Å²) in [5, 5.41) is 10.3. The van der Waals surface area contributed by atoms with Crippen LogP contribution in [0.1, 0.15) is 30.0 Å². The van der Waals surface area contributed by atoms with E-state index < -0.39 is 23.7 Å². The molecule has 146 valence electrons. The van der Waals surface area contributed by atoms with Gasteiger partial charge in [-0.3, -0.25) is 4.79 Å². The number of imide groups is 1. The minimum absolute atomic E-state index is 0.0200. The third-order valence-corrected chi connectivity index (χ3v) is 5.41. The van der Waals surface area contributed by atoms with Crippen LogP contribution in [-0.2, 0) is 28.0 Å². The molecule has 28 heavy (non-hydrogen) atoms. The van der Waals surface area contributed by atoms with Gasteiger partial charge in [0.2, 0.25) is 5.60 Å². The molecule has 1 spiro atoms. The Morgan fingerprint density at radius 2 is 2.04 bits per heavy atom. The van der Waals surface area contributed by atoms with Gasteiger partial charge in [-0.15, -0.1) is 0 Å². The maximum absolute atomic E-state index is 13.0. The standard InChI is InChI=1S/C22H23NO5/c1-2-15-6-5-8-18(12-15)27-14-17(24)13-23-20(25)22(28-21(23)26)11-10-16-7-3-4-9-19(16)22/h3-9,12,17,24H,2,10-11,13-14H2,1H3/t17-,22-/m1/s1. The zero-order valence-electron chi connectivity index (χ0n) is 15.8. The van der Waals surface area contributed by atoms with Gasteiger partial charge in [0.05, 0.1) is 6.54 Å². The molecule has 2 aliphatic rings. The molecule has 1 aliphatic heterocycles. The van der Waals surface area contributed by atoms with Gasteiger partial charge >= 0.3 is 6.09 Å². The van der Waals surface area contributed by atoms with Crippen molar-refractivity contribution in [2.75, 3.05) is 13.2 Å². The van der Waals surface area contributed by atoms with Crippen molar-refractivity contribution in [2.24, 2.45) is 0 Å². The molecule has 2 amide bonds. The quantitative estimate of drug-likeness (QED) is 0.833. The lowest BCUT2D eigenvalue weighted by Gasteiger charge is -2.21. The number of aliphatic hydroxyl groups is 1. The molecule has 1 aliphatic carbocycles. The molecule has 2 atom stereocenters. The Labute approximate surface area is 163 Å². The van der Waals surface area contributed by atoms with Crippen molar-refractivity contribution < 1.29 is 24.2 Å². The number of rotatable bonds is 6. The van der Waals surface area contributed by atoms with E-state index in [1.54, 1.807) is 0 Å². The fourth-order valence-electron chi connectivity index (χ4n) is 3.92. The van der Waals surface area contributed by atoms with Crippen molar-refractivity contribution in [2.45, 2.75) is 37.9 Å².